The molecule has 1 aromatic heterocycles. The van der Waals surface area contributed by atoms with Gasteiger partial charge in [-0.3, -0.25) is 14.6 Å². The van der Waals surface area contributed by atoms with Gasteiger partial charge in [0.05, 0.1) is 24.6 Å². The Morgan fingerprint density at radius 3 is 2.54 bits per heavy atom. The van der Waals surface area contributed by atoms with Gasteiger partial charge in [-0.25, -0.2) is 0 Å². The number of ether oxygens (including phenoxy) is 1. The Morgan fingerprint density at radius 1 is 1.29 bits per heavy atom. The number of pyridine rings is 1. The topological polar surface area (TPSA) is 62.7 Å². The van der Waals surface area contributed by atoms with Crippen molar-refractivity contribution in [2.24, 2.45) is 0 Å². The summed E-state index contributed by atoms with van der Waals surface area (Å²) in [4.78, 5) is 33.1. The second-order valence-corrected chi connectivity index (χ2v) is 6.89. The number of methoxy groups -OCH3 is 1. The van der Waals surface area contributed by atoms with Crippen molar-refractivity contribution in [2.45, 2.75) is 32.9 Å². The van der Waals surface area contributed by atoms with Crippen molar-refractivity contribution in [3.63, 3.8) is 0 Å². The van der Waals surface area contributed by atoms with Gasteiger partial charge in [0.1, 0.15) is 5.75 Å². The van der Waals surface area contributed by atoms with Crippen LogP contribution in [0.25, 0.3) is 0 Å². The van der Waals surface area contributed by atoms with E-state index in [1.165, 1.54) is 18.9 Å². The molecule has 1 aliphatic rings. The van der Waals surface area contributed by atoms with Crippen LogP contribution in [-0.4, -0.2) is 70.9 Å². The molecule has 24 heavy (non-hydrogen) atoms. The van der Waals surface area contributed by atoms with Crippen molar-refractivity contribution in [2.75, 3.05) is 32.2 Å². The van der Waals surface area contributed by atoms with Crippen LogP contribution in [0.1, 0.15) is 29.9 Å². The predicted molar refractivity (Wildman–Crippen MR) is 95.6 cm³/mol. The van der Waals surface area contributed by atoms with E-state index in [2.05, 4.69) is 4.98 Å². The molecule has 1 fully saturated rings. The van der Waals surface area contributed by atoms with E-state index in [0.717, 1.165) is 5.69 Å². The Labute approximate surface area is 147 Å². The highest BCUT2D eigenvalue weighted by molar-refractivity contribution is 7.99. The van der Waals surface area contributed by atoms with Crippen LogP contribution in [0.15, 0.2) is 12.3 Å². The minimum absolute atomic E-state index is 0.0173. The number of aromatic nitrogens is 1. The molecule has 0 bridgehead atoms. The lowest BCUT2D eigenvalue weighted by atomic mass is 10.0. The van der Waals surface area contributed by atoms with Crippen molar-refractivity contribution in [1.82, 2.24) is 14.8 Å². The van der Waals surface area contributed by atoms with E-state index in [4.69, 9.17) is 4.74 Å². The van der Waals surface area contributed by atoms with Gasteiger partial charge in [-0.2, -0.15) is 11.8 Å². The molecule has 1 aliphatic heterocycles. The highest BCUT2D eigenvalue weighted by Crippen LogP contribution is 2.24. The number of hydrogen-bond donors (Lipinski definition) is 0. The third kappa shape index (κ3) is 3.66. The van der Waals surface area contributed by atoms with Gasteiger partial charge in [0.25, 0.3) is 5.91 Å². The monoisotopic (exact) mass is 351 g/mol. The molecule has 0 saturated carbocycles. The summed E-state index contributed by atoms with van der Waals surface area (Å²) in [5.74, 6) is 1.01. The standard InChI is InChI=1S/C17H25N3O3S/c1-11-8-14(15(23-4)9-18-11)17(22)20-7-6-19(12(2)13(20)3)16(21)10-24-5/h8-9,12-13H,6-7,10H2,1-5H3/t12-,13-/m1/s1. The molecular weight excluding hydrogens is 326 g/mol. The zero-order valence-electron chi connectivity index (χ0n) is 14.9. The number of aryl methyl sites for hydroxylation is 1. The molecule has 0 aliphatic carbocycles. The minimum atomic E-state index is -0.0753. The van der Waals surface area contributed by atoms with E-state index in [1.807, 2.05) is 36.8 Å². The molecule has 0 N–H and O–H groups in total. The lowest BCUT2D eigenvalue weighted by Gasteiger charge is -2.45. The first-order valence-corrected chi connectivity index (χ1v) is 9.40. The highest BCUT2D eigenvalue weighted by atomic mass is 32.2. The zero-order valence-corrected chi connectivity index (χ0v) is 15.7. The van der Waals surface area contributed by atoms with E-state index in [0.29, 0.717) is 30.2 Å². The average molecular weight is 351 g/mol. The molecule has 0 spiro atoms. The maximum atomic E-state index is 13.0. The van der Waals surface area contributed by atoms with Gasteiger partial charge in [-0.05, 0) is 33.1 Å². The second kappa shape index (κ2) is 7.88. The maximum absolute atomic E-state index is 13.0. The zero-order chi connectivity index (χ0) is 17.9. The summed E-state index contributed by atoms with van der Waals surface area (Å²) in [6.07, 6.45) is 3.50. The summed E-state index contributed by atoms with van der Waals surface area (Å²) in [6, 6.07) is 1.68. The third-order valence-corrected chi connectivity index (χ3v) is 5.10. The van der Waals surface area contributed by atoms with Crippen LogP contribution in [0, 0.1) is 6.92 Å². The summed E-state index contributed by atoms with van der Waals surface area (Å²) in [6.45, 7) is 6.91. The highest BCUT2D eigenvalue weighted by Gasteiger charge is 2.36. The van der Waals surface area contributed by atoms with Crippen LogP contribution in [0.3, 0.4) is 0 Å². The number of amides is 2. The van der Waals surface area contributed by atoms with Gasteiger partial charge >= 0.3 is 0 Å². The Kier molecular flexibility index (Phi) is 6.10. The van der Waals surface area contributed by atoms with Gasteiger partial charge in [-0.15, -0.1) is 0 Å². The normalized spacial score (nSPS) is 20.9. The van der Waals surface area contributed by atoms with Crippen LogP contribution >= 0.6 is 11.8 Å². The van der Waals surface area contributed by atoms with Crippen LogP contribution in [-0.2, 0) is 4.79 Å². The fourth-order valence-corrected chi connectivity index (χ4v) is 3.43. The van der Waals surface area contributed by atoms with E-state index in [9.17, 15) is 9.59 Å². The van der Waals surface area contributed by atoms with E-state index in [-0.39, 0.29) is 23.9 Å². The summed E-state index contributed by atoms with van der Waals surface area (Å²) in [5, 5.41) is 0. The Bertz CT molecular complexity index is 623. The fraction of sp³-hybridized carbons (Fsp3) is 0.588. The molecule has 0 aromatic carbocycles. The fourth-order valence-electron chi connectivity index (χ4n) is 3.02. The smallest absolute Gasteiger partial charge is 0.258 e. The maximum Gasteiger partial charge on any atom is 0.258 e. The number of nitrogens with zero attached hydrogens (tertiary/aromatic N) is 3. The third-order valence-electron chi connectivity index (χ3n) is 4.57. The van der Waals surface area contributed by atoms with Crippen molar-refractivity contribution < 1.29 is 14.3 Å². The van der Waals surface area contributed by atoms with E-state index >= 15 is 0 Å². The van der Waals surface area contributed by atoms with Crippen LogP contribution in [0.2, 0.25) is 0 Å². The van der Waals surface area contributed by atoms with E-state index < -0.39 is 0 Å². The average Bonchev–Trinajstić information content (AvgIpc) is 2.56. The summed E-state index contributed by atoms with van der Waals surface area (Å²) in [5.41, 5.74) is 1.29. The van der Waals surface area contributed by atoms with Crippen LogP contribution in [0.5, 0.6) is 5.75 Å². The van der Waals surface area contributed by atoms with Crippen molar-refractivity contribution in [3.8, 4) is 5.75 Å². The summed E-state index contributed by atoms with van der Waals surface area (Å²) >= 11 is 1.52. The lowest BCUT2D eigenvalue weighted by Crippen LogP contribution is -2.60. The first-order valence-electron chi connectivity index (χ1n) is 8.00. The molecule has 0 unspecified atom stereocenters. The molecule has 7 heteroatoms. The van der Waals surface area contributed by atoms with Gasteiger partial charge in [0, 0.05) is 30.9 Å². The minimum Gasteiger partial charge on any atom is -0.494 e. The molecule has 1 aromatic rings. The van der Waals surface area contributed by atoms with Crippen molar-refractivity contribution in [1.29, 1.82) is 0 Å². The molecule has 2 heterocycles. The molecule has 132 valence electrons. The Hall–Kier alpha value is -1.76. The molecule has 1 saturated heterocycles. The number of thioether (sulfide) groups is 1. The van der Waals surface area contributed by atoms with Crippen molar-refractivity contribution >= 4 is 23.6 Å². The molecular formula is C17H25N3O3S. The lowest BCUT2D eigenvalue weighted by molar-refractivity contribution is -0.133. The molecule has 2 atom stereocenters. The molecule has 2 amide bonds. The number of carbonyl (C=O) groups is 2. The predicted octanol–water partition coefficient (Wildman–Crippen LogP) is 1.82. The van der Waals surface area contributed by atoms with Gasteiger partial charge in [0.2, 0.25) is 5.91 Å². The number of piperazine rings is 1. The number of rotatable bonds is 4. The first kappa shape index (κ1) is 18.6. The SMILES string of the molecule is COc1cnc(C)cc1C(=O)N1CCN(C(=O)CSC)[C@H](C)[C@H]1C. The largest absolute Gasteiger partial charge is 0.494 e. The molecule has 6 nitrogen and oxygen atoms in total. The first-order chi connectivity index (χ1) is 11.4. The molecule has 2 rings (SSSR count). The Balaban J connectivity index is 2.21. The van der Waals surface area contributed by atoms with Gasteiger partial charge < -0.3 is 14.5 Å². The van der Waals surface area contributed by atoms with Crippen molar-refractivity contribution in [3.05, 3.63) is 23.5 Å². The number of carbonyl (C=O) groups excluding carboxylic acids is 2. The molecule has 0 radical (unpaired) electrons. The second-order valence-electron chi connectivity index (χ2n) is 6.03. The van der Waals surface area contributed by atoms with Crippen LogP contribution in [0.4, 0.5) is 0 Å². The Morgan fingerprint density at radius 2 is 1.92 bits per heavy atom. The van der Waals surface area contributed by atoms with E-state index in [1.54, 1.807) is 12.3 Å². The number of hydrogen-bond acceptors (Lipinski definition) is 5. The van der Waals surface area contributed by atoms with Gasteiger partial charge in [-0.1, -0.05) is 0 Å². The summed E-state index contributed by atoms with van der Waals surface area (Å²) in [7, 11) is 1.54. The van der Waals surface area contributed by atoms with Gasteiger partial charge in [0.15, 0.2) is 0 Å². The van der Waals surface area contributed by atoms with Crippen LogP contribution < -0.4 is 4.74 Å². The quantitative estimate of drug-likeness (QED) is 0.828. The summed E-state index contributed by atoms with van der Waals surface area (Å²) < 4.78 is 5.29.